The molecule has 0 bridgehead atoms. The van der Waals surface area contributed by atoms with Crippen molar-refractivity contribution >= 4 is 0 Å². The number of ether oxygens (including phenoxy) is 3. The fourth-order valence-corrected chi connectivity index (χ4v) is 2.03. The standard InChI is InChI=1S/C14H20O4/c1-2-17-13-5-3-4-12(8-15)14(13)18-10-11-6-7-16-9-11/h3-5,11,15H,2,6-10H2,1H3. The number of benzene rings is 1. The van der Waals surface area contributed by atoms with Crippen LogP contribution in [-0.4, -0.2) is 31.5 Å². The zero-order valence-electron chi connectivity index (χ0n) is 10.7. The Hall–Kier alpha value is -1.26. The van der Waals surface area contributed by atoms with Gasteiger partial charge in [0.2, 0.25) is 0 Å². The number of aliphatic hydroxyl groups is 1. The van der Waals surface area contributed by atoms with Gasteiger partial charge in [0.05, 0.1) is 26.4 Å². The third-order valence-electron chi connectivity index (χ3n) is 3.02. The molecule has 1 atom stereocenters. The number of hydrogen-bond acceptors (Lipinski definition) is 4. The van der Waals surface area contributed by atoms with Crippen LogP contribution in [0, 0.1) is 5.92 Å². The number of rotatable bonds is 6. The Morgan fingerprint density at radius 1 is 1.39 bits per heavy atom. The summed E-state index contributed by atoms with van der Waals surface area (Å²) in [5.41, 5.74) is 0.764. The van der Waals surface area contributed by atoms with Crippen LogP contribution in [-0.2, 0) is 11.3 Å². The van der Waals surface area contributed by atoms with E-state index in [1.54, 1.807) is 0 Å². The summed E-state index contributed by atoms with van der Waals surface area (Å²) in [6, 6.07) is 5.58. The molecular formula is C14H20O4. The summed E-state index contributed by atoms with van der Waals surface area (Å²) in [6.45, 7) is 4.64. The van der Waals surface area contributed by atoms with Crippen LogP contribution < -0.4 is 9.47 Å². The molecule has 0 spiro atoms. The normalized spacial score (nSPS) is 18.9. The number of aliphatic hydroxyl groups excluding tert-OH is 1. The molecule has 4 nitrogen and oxygen atoms in total. The fourth-order valence-electron chi connectivity index (χ4n) is 2.03. The van der Waals surface area contributed by atoms with E-state index in [2.05, 4.69) is 0 Å². The van der Waals surface area contributed by atoms with E-state index in [1.165, 1.54) is 0 Å². The van der Waals surface area contributed by atoms with Crippen molar-refractivity contribution in [1.29, 1.82) is 0 Å². The molecule has 1 aromatic carbocycles. The summed E-state index contributed by atoms with van der Waals surface area (Å²) in [4.78, 5) is 0. The molecule has 1 fully saturated rings. The molecule has 0 aliphatic carbocycles. The highest BCUT2D eigenvalue weighted by Crippen LogP contribution is 2.32. The molecule has 0 radical (unpaired) electrons. The highest BCUT2D eigenvalue weighted by Gasteiger charge is 2.18. The average molecular weight is 252 g/mol. The van der Waals surface area contributed by atoms with Gasteiger partial charge in [-0.1, -0.05) is 12.1 Å². The average Bonchev–Trinajstić information content (AvgIpc) is 2.90. The first-order valence-electron chi connectivity index (χ1n) is 6.41. The van der Waals surface area contributed by atoms with Crippen LogP contribution >= 0.6 is 0 Å². The first-order valence-corrected chi connectivity index (χ1v) is 6.41. The van der Waals surface area contributed by atoms with Gasteiger partial charge in [0.15, 0.2) is 11.5 Å². The van der Waals surface area contributed by atoms with Gasteiger partial charge in [-0.2, -0.15) is 0 Å². The molecule has 1 heterocycles. The van der Waals surface area contributed by atoms with Crippen LogP contribution in [0.4, 0.5) is 0 Å². The number of hydrogen-bond donors (Lipinski definition) is 1. The van der Waals surface area contributed by atoms with Gasteiger partial charge in [-0.3, -0.25) is 0 Å². The van der Waals surface area contributed by atoms with Crippen molar-refractivity contribution in [2.75, 3.05) is 26.4 Å². The quantitative estimate of drug-likeness (QED) is 0.841. The Kier molecular flexibility index (Phi) is 4.84. The van der Waals surface area contributed by atoms with E-state index < -0.39 is 0 Å². The topological polar surface area (TPSA) is 47.9 Å². The maximum atomic E-state index is 9.34. The molecule has 1 aliphatic heterocycles. The molecule has 18 heavy (non-hydrogen) atoms. The molecule has 1 N–H and O–H groups in total. The molecule has 100 valence electrons. The molecule has 1 aliphatic rings. The highest BCUT2D eigenvalue weighted by atomic mass is 16.5. The predicted molar refractivity (Wildman–Crippen MR) is 68.0 cm³/mol. The predicted octanol–water partition coefficient (Wildman–Crippen LogP) is 1.99. The minimum Gasteiger partial charge on any atom is -0.490 e. The largest absolute Gasteiger partial charge is 0.490 e. The van der Waals surface area contributed by atoms with Crippen molar-refractivity contribution in [3.05, 3.63) is 23.8 Å². The molecular weight excluding hydrogens is 232 g/mol. The second-order valence-electron chi connectivity index (χ2n) is 4.38. The smallest absolute Gasteiger partial charge is 0.166 e. The van der Waals surface area contributed by atoms with Crippen LogP contribution in [0.1, 0.15) is 18.9 Å². The fraction of sp³-hybridized carbons (Fsp3) is 0.571. The lowest BCUT2D eigenvalue weighted by molar-refractivity contribution is 0.163. The summed E-state index contributed by atoms with van der Waals surface area (Å²) in [5, 5.41) is 9.34. The van der Waals surface area contributed by atoms with Gasteiger partial charge in [-0.15, -0.1) is 0 Å². The van der Waals surface area contributed by atoms with Crippen LogP contribution in [0.3, 0.4) is 0 Å². The lowest BCUT2D eigenvalue weighted by atomic mass is 10.1. The van der Waals surface area contributed by atoms with E-state index in [0.717, 1.165) is 25.2 Å². The van der Waals surface area contributed by atoms with E-state index in [4.69, 9.17) is 14.2 Å². The monoisotopic (exact) mass is 252 g/mol. The van der Waals surface area contributed by atoms with E-state index in [0.29, 0.717) is 30.6 Å². The van der Waals surface area contributed by atoms with Gasteiger partial charge in [-0.05, 0) is 19.4 Å². The van der Waals surface area contributed by atoms with Crippen LogP contribution in [0.2, 0.25) is 0 Å². The van der Waals surface area contributed by atoms with Crippen molar-refractivity contribution in [2.24, 2.45) is 5.92 Å². The Labute approximate surface area is 107 Å². The number of para-hydroxylation sites is 1. The summed E-state index contributed by atoms with van der Waals surface area (Å²) >= 11 is 0. The van der Waals surface area contributed by atoms with Crippen LogP contribution in [0.5, 0.6) is 11.5 Å². The minimum absolute atomic E-state index is 0.0442. The Bertz CT molecular complexity index is 372. The molecule has 1 aromatic rings. The summed E-state index contributed by atoms with van der Waals surface area (Å²) in [6.07, 6.45) is 1.03. The lowest BCUT2D eigenvalue weighted by Gasteiger charge is -2.16. The molecule has 4 heteroatoms. The lowest BCUT2D eigenvalue weighted by Crippen LogP contribution is -2.13. The maximum absolute atomic E-state index is 9.34. The zero-order chi connectivity index (χ0) is 12.8. The van der Waals surface area contributed by atoms with Crippen molar-refractivity contribution < 1.29 is 19.3 Å². The Balaban J connectivity index is 2.07. The molecule has 0 aromatic heterocycles. The summed E-state index contributed by atoms with van der Waals surface area (Å²) in [7, 11) is 0. The van der Waals surface area contributed by atoms with E-state index >= 15 is 0 Å². The zero-order valence-corrected chi connectivity index (χ0v) is 10.7. The summed E-state index contributed by atoms with van der Waals surface area (Å²) in [5.74, 6) is 1.79. The first-order chi connectivity index (χ1) is 8.85. The van der Waals surface area contributed by atoms with Crippen LogP contribution in [0.25, 0.3) is 0 Å². The first kappa shape index (κ1) is 13.2. The van der Waals surface area contributed by atoms with Crippen molar-refractivity contribution in [3.8, 4) is 11.5 Å². The van der Waals surface area contributed by atoms with E-state index in [1.807, 2.05) is 25.1 Å². The van der Waals surface area contributed by atoms with E-state index in [-0.39, 0.29) is 6.61 Å². The molecule has 0 amide bonds. The molecule has 2 rings (SSSR count). The minimum atomic E-state index is -0.0442. The third kappa shape index (κ3) is 3.15. The van der Waals surface area contributed by atoms with E-state index in [9.17, 15) is 5.11 Å². The molecule has 1 unspecified atom stereocenters. The Morgan fingerprint density at radius 3 is 2.94 bits per heavy atom. The van der Waals surface area contributed by atoms with Gasteiger partial charge >= 0.3 is 0 Å². The van der Waals surface area contributed by atoms with Crippen molar-refractivity contribution in [1.82, 2.24) is 0 Å². The second kappa shape index (κ2) is 6.61. The SMILES string of the molecule is CCOc1cccc(CO)c1OCC1CCOC1. The van der Waals surface area contributed by atoms with Gasteiger partial charge in [0.1, 0.15) is 0 Å². The van der Waals surface area contributed by atoms with Gasteiger partial charge in [0.25, 0.3) is 0 Å². The van der Waals surface area contributed by atoms with Crippen LogP contribution in [0.15, 0.2) is 18.2 Å². The van der Waals surface area contributed by atoms with Gasteiger partial charge in [0, 0.05) is 18.1 Å². The van der Waals surface area contributed by atoms with Gasteiger partial charge < -0.3 is 19.3 Å². The van der Waals surface area contributed by atoms with Crippen molar-refractivity contribution in [3.63, 3.8) is 0 Å². The molecule has 1 saturated heterocycles. The van der Waals surface area contributed by atoms with Crippen molar-refractivity contribution in [2.45, 2.75) is 20.0 Å². The second-order valence-corrected chi connectivity index (χ2v) is 4.38. The Morgan fingerprint density at radius 2 is 2.28 bits per heavy atom. The third-order valence-corrected chi connectivity index (χ3v) is 3.02. The molecule has 0 saturated carbocycles. The summed E-state index contributed by atoms with van der Waals surface area (Å²) < 4.78 is 16.7. The maximum Gasteiger partial charge on any atom is 0.166 e. The highest BCUT2D eigenvalue weighted by molar-refractivity contribution is 5.46. The van der Waals surface area contributed by atoms with Gasteiger partial charge in [-0.25, -0.2) is 0 Å².